The summed E-state index contributed by atoms with van der Waals surface area (Å²) in [6, 6.07) is 23.5. The number of hydrogen-bond donors (Lipinski definition) is 1. The van der Waals surface area contributed by atoms with Crippen molar-refractivity contribution in [2.45, 2.75) is 38.3 Å². The summed E-state index contributed by atoms with van der Waals surface area (Å²) in [4.78, 5) is 54.3. The predicted molar refractivity (Wildman–Crippen MR) is 226 cm³/mol. The predicted octanol–water partition coefficient (Wildman–Crippen LogP) is 7.31. The number of allylic oxidation sites excluding steroid dienone is 2. The largest absolute Gasteiger partial charge is 0.466 e. The first-order chi connectivity index (χ1) is 31.7. The van der Waals surface area contributed by atoms with Crippen molar-refractivity contribution in [2.75, 3.05) is 24.0 Å². The number of methoxy groups -OCH3 is 2. The molecule has 67 heavy (non-hydrogen) atoms. The Morgan fingerprint density at radius 3 is 1.48 bits per heavy atom. The second kappa shape index (κ2) is 17.7. The molecular formula is C45H34F6N10O6. The number of aromatic amines is 1. The molecule has 0 saturated carbocycles. The quantitative estimate of drug-likeness (QED) is 0.129. The highest BCUT2D eigenvalue weighted by Crippen LogP contribution is 2.45. The van der Waals surface area contributed by atoms with Crippen molar-refractivity contribution in [2.24, 2.45) is 7.05 Å². The van der Waals surface area contributed by atoms with E-state index in [1.165, 1.54) is 83.5 Å². The lowest BCUT2D eigenvalue weighted by Crippen LogP contribution is -2.38. The SMILES string of the molecule is COC(=O)C1=C(C)N(c2cccc(C(F)(F)F)c2)c2n[nH]c(=O)n2C1c1ccc(C#N)cc1.COC(=O)C1=C(C)N(c2cccc(C(F)(F)F)c2)c2nn(C)c(=O)n2C1c1ccc(C#N)cc1. The zero-order valence-corrected chi connectivity index (χ0v) is 35.6. The molecule has 4 aromatic carbocycles. The number of aryl methyl sites for hydroxylation is 1. The van der Waals surface area contributed by atoms with E-state index in [1.807, 2.05) is 12.1 Å². The van der Waals surface area contributed by atoms with E-state index in [4.69, 9.17) is 20.0 Å². The number of halogens is 6. The van der Waals surface area contributed by atoms with Crippen molar-refractivity contribution < 1.29 is 45.4 Å². The molecule has 2 aromatic heterocycles. The number of carbonyl (C=O) groups is 2. The molecule has 2 atom stereocenters. The number of H-pyrrole nitrogens is 1. The van der Waals surface area contributed by atoms with Gasteiger partial charge in [-0.05, 0) is 85.6 Å². The summed E-state index contributed by atoms with van der Waals surface area (Å²) in [5, 5.41) is 28.8. The fourth-order valence-electron chi connectivity index (χ4n) is 7.84. The van der Waals surface area contributed by atoms with Gasteiger partial charge >= 0.3 is 35.7 Å². The molecule has 4 heterocycles. The van der Waals surface area contributed by atoms with Gasteiger partial charge in [-0.3, -0.25) is 9.80 Å². The highest BCUT2D eigenvalue weighted by Gasteiger charge is 2.42. The van der Waals surface area contributed by atoms with Gasteiger partial charge in [0.1, 0.15) is 12.1 Å². The lowest BCUT2D eigenvalue weighted by atomic mass is 9.94. The van der Waals surface area contributed by atoms with Crippen LogP contribution >= 0.6 is 0 Å². The molecule has 8 rings (SSSR count). The van der Waals surface area contributed by atoms with E-state index in [-0.39, 0.29) is 45.8 Å². The van der Waals surface area contributed by atoms with Crippen LogP contribution in [-0.2, 0) is 38.5 Å². The molecule has 0 aliphatic carbocycles. The van der Waals surface area contributed by atoms with Gasteiger partial charge in [0.05, 0.1) is 59.8 Å². The van der Waals surface area contributed by atoms with Gasteiger partial charge in [-0.25, -0.2) is 38.1 Å². The second-order valence-corrected chi connectivity index (χ2v) is 14.8. The Bertz CT molecular complexity index is 3200. The lowest BCUT2D eigenvalue weighted by molar-refractivity contribution is -0.138. The molecule has 0 bridgehead atoms. The summed E-state index contributed by atoms with van der Waals surface area (Å²) < 4.78 is 93.6. The van der Waals surface area contributed by atoms with Gasteiger partial charge < -0.3 is 9.47 Å². The third-order valence-electron chi connectivity index (χ3n) is 10.9. The smallest absolute Gasteiger partial charge is 0.416 e. The Kier molecular flexibility index (Phi) is 12.3. The number of ether oxygens (including phenoxy) is 2. The summed E-state index contributed by atoms with van der Waals surface area (Å²) in [7, 11) is 3.75. The number of nitriles is 2. The van der Waals surface area contributed by atoms with Gasteiger partial charge in [0.25, 0.3) is 0 Å². The standard InChI is InChI=1S/C23H18F3N5O3.C22H16F3N5O3/c1-13-18(20(32)34-3)19(15-9-7-14(12-27)8-10-15)31-21(28-29(2)22(31)33)30(13)17-6-4-5-16(11-17)23(24,25)26;1-12-17(19(31)33-2)18(14-8-6-13(11-26)7-9-14)30-20(27-28-21(30)32)29(12)16-5-3-4-15(10-16)22(23,24)25/h4-11,19H,1-3H3;3-10,18H,1-2H3,(H,28,32). The maximum atomic E-state index is 13.4. The normalized spacial score (nSPS) is 15.7. The van der Waals surface area contributed by atoms with Crippen LogP contribution in [0.25, 0.3) is 0 Å². The van der Waals surface area contributed by atoms with E-state index in [2.05, 4.69) is 15.3 Å². The van der Waals surface area contributed by atoms with E-state index in [9.17, 15) is 45.5 Å². The molecule has 2 aliphatic heterocycles. The Hall–Kier alpha value is -8.66. The van der Waals surface area contributed by atoms with Crippen LogP contribution in [0.2, 0.25) is 0 Å². The monoisotopic (exact) mass is 924 g/mol. The van der Waals surface area contributed by atoms with Crippen molar-refractivity contribution in [3.8, 4) is 12.1 Å². The van der Waals surface area contributed by atoms with Crippen molar-refractivity contribution in [1.29, 1.82) is 10.5 Å². The van der Waals surface area contributed by atoms with E-state index in [0.717, 1.165) is 28.9 Å². The molecule has 342 valence electrons. The van der Waals surface area contributed by atoms with Crippen LogP contribution in [0.3, 0.4) is 0 Å². The van der Waals surface area contributed by atoms with Gasteiger partial charge in [-0.15, -0.1) is 10.2 Å². The van der Waals surface area contributed by atoms with E-state index < -0.39 is 58.9 Å². The van der Waals surface area contributed by atoms with E-state index >= 15 is 0 Å². The van der Waals surface area contributed by atoms with Crippen molar-refractivity contribution in [3.63, 3.8) is 0 Å². The molecule has 0 radical (unpaired) electrons. The van der Waals surface area contributed by atoms with Gasteiger partial charge in [-0.2, -0.15) is 36.9 Å². The Balaban J connectivity index is 0.000000199. The average molecular weight is 925 g/mol. The lowest BCUT2D eigenvalue weighted by Gasteiger charge is -2.35. The summed E-state index contributed by atoms with van der Waals surface area (Å²) in [5.74, 6) is -1.49. The third kappa shape index (κ3) is 8.43. The van der Waals surface area contributed by atoms with Gasteiger partial charge in [-0.1, -0.05) is 36.4 Å². The molecule has 1 N–H and O–H groups in total. The molecule has 2 unspecified atom stereocenters. The van der Waals surface area contributed by atoms with Gasteiger partial charge in [0, 0.05) is 29.8 Å². The second-order valence-electron chi connectivity index (χ2n) is 14.8. The summed E-state index contributed by atoms with van der Waals surface area (Å²) in [6.07, 6.45) is -9.19. The number of benzene rings is 4. The number of hydrogen-bond acceptors (Lipinski definition) is 12. The number of fused-ring (bicyclic) bond motifs is 2. The fraction of sp³-hybridized carbons (Fsp3) is 0.200. The number of rotatable bonds is 6. The molecule has 2 aliphatic rings. The summed E-state index contributed by atoms with van der Waals surface area (Å²) >= 11 is 0. The molecule has 0 fully saturated rings. The highest BCUT2D eigenvalue weighted by atomic mass is 19.4. The molecule has 0 spiro atoms. The number of aromatic nitrogens is 6. The van der Waals surface area contributed by atoms with E-state index in [0.29, 0.717) is 22.3 Å². The van der Waals surface area contributed by atoms with Crippen LogP contribution in [0.15, 0.2) is 129 Å². The Labute approximate surface area is 375 Å². The van der Waals surface area contributed by atoms with Crippen molar-refractivity contribution >= 4 is 35.2 Å². The minimum atomic E-state index is -4.59. The van der Waals surface area contributed by atoms with Crippen LogP contribution < -0.4 is 21.2 Å². The van der Waals surface area contributed by atoms with Gasteiger partial charge in [0.15, 0.2) is 0 Å². The zero-order chi connectivity index (χ0) is 48.7. The topological polar surface area (TPSA) is 197 Å². The van der Waals surface area contributed by atoms with Crippen LogP contribution in [-0.4, -0.2) is 55.3 Å². The summed E-state index contributed by atoms with van der Waals surface area (Å²) in [6.45, 7) is 3.08. The number of carbonyl (C=O) groups excluding carboxylic acids is 2. The van der Waals surface area contributed by atoms with Crippen LogP contribution in [0.5, 0.6) is 0 Å². The van der Waals surface area contributed by atoms with Crippen LogP contribution in [0, 0.1) is 22.7 Å². The molecule has 0 amide bonds. The first kappa shape index (κ1) is 46.3. The number of alkyl halides is 6. The molecule has 0 saturated heterocycles. The van der Waals surface area contributed by atoms with Crippen LogP contribution in [0.4, 0.5) is 49.6 Å². The molecule has 6 aromatic rings. The minimum absolute atomic E-state index is 0.00108. The maximum absolute atomic E-state index is 13.4. The zero-order valence-electron chi connectivity index (χ0n) is 35.6. The van der Waals surface area contributed by atoms with Crippen molar-refractivity contribution in [3.05, 3.63) is 174 Å². The molecule has 22 heteroatoms. The molecule has 16 nitrogen and oxygen atoms in total. The summed E-state index contributed by atoms with van der Waals surface area (Å²) in [5.41, 5.74) is -0.613. The Morgan fingerprint density at radius 1 is 0.657 bits per heavy atom. The fourth-order valence-corrected chi connectivity index (χ4v) is 7.84. The minimum Gasteiger partial charge on any atom is -0.466 e. The Morgan fingerprint density at radius 2 is 1.07 bits per heavy atom. The number of nitrogens with one attached hydrogen (secondary N) is 1. The van der Waals surface area contributed by atoms with Crippen LogP contribution in [0.1, 0.15) is 59.3 Å². The maximum Gasteiger partial charge on any atom is 0.416 e. The highest BCUT2D eigenvalue weighted by molar-refractivity contribution is 5.94. The van der Waals surface area contributed by atoms with Crippen molar-refractivity contribution in [1.82, 2.24) is 29.1 Å². The molecular weight excluding hydrogens is 891 g/mol. The van der Waals surface area contributed by atoms with Gasteiger partial charge in [0.2, 0.25) is 11.9 Å². The first-order valence-electron chi connectivity index (χ1n) is 19.6. The first-order valence-corrected chi connectivity index (χ1v) is 19.6. The third-order valence-corrected chi connectivity index (χ3v) is 10.9. The number of anilines is 4. The number of esters is 2. The van der Waals surface area contributed by atoms with E-state index in [1.54, 1.807) is 43.3 Å². The average Bonchev–Trinajstić information content (AvgIpc) is 3.83. The number of nitrogens with zero attached hydrogens (tertiary/aromatic N) is 9.